The zero-order chi connectivity index (χ0) is 20.1. The van der Waals surface area contributed by atoms with Crippen LogP contribution < -0.4 is 10.6 Å². The molecule has 4 bridgehead atoms. The zero-order valence-electron chi connectivity index (χ0n) is 17.6. The van der Waals surface area contributed by atoms with E-state index < -0.39 is 0 Å². The number of benzene rings is 1. The molecule has 0 aliphatic heterocycles. The highest BCUT2D eigenvalue weighted by molar-refractivity contribution is 5.83. The van der Waals surface area contributed by atoms with Gasteiger partial charge in [-0.25, -0.2) is 0 Å². The molecule has 4 aliphatic carbocycles. The highest BCUT2D eigenvalue weighted by Crippen LogP contribution is 2.60. The summed E-state index contributed by atoms with van der Waals surface area (Å²) in [5.41, 5.74) is 1.28. The molecule has 4 aliphatic rings. The Morgan fingerprint density at radius 2 is 1.45 bits per heavy atom. The molecule has 0 radical (unpaired) electrons. The van der Waals surface area contributed by atoms with Crippen LogP contribution >= 0.6 is 0 Å². The molecular weight excluding hydrogens is 360 g/mol. The fourth-order valence-corrected chi connectivity index (χ4v) is 6.44. The summed E-state index contributed by atoms with van der Waals surface area (Å²) in [6.45, 7) is 1.37. The predicted molar refractivity (Wildman–Crippen MR) is 115 cm³/mol. The highest BCUT2D eigenvalue weighted by atomic mass is 16.2. The van der Waals surface area contributed by atoms with Gasteiger partial charge in [-0.05, 0) is 87.5 Å². The highest BCUT2D eigenvalue weighted by Gasteiger charge is 2.54. The van der Waals surface area contributed by atoms with Crippen molar-refractivity contribution in [1.29, 1.82) is 0 Å². The normalized spacial score (nSPS) is 29.6. The average Bonchev–Trinajstić information content (AvgIpc) is 2.70. The van der Waals surface area contributed by atoms with Crippen LogP contribution in [0.2, 0.25) is 0 Å². The van der Waals surface area contributed by atoms with Gasteiger partial charge in [-0.15, -0.1) is 0 Å². The Hall–Kier alpha value is -1.84. The SMILES string of the molecule is O=C(CCCNC(=O)C12CC3CC(CC(C3)C1)C2)NCCCCc1ccccc1. The molecule has 5 rings (SSSR count). The Morgan fingerprint density at radius 1 is 0.828 bits per heavy atom. The van der Waals surface area contributed by atoms with Gasteiger partial charge in [0.05, 0.1) is 0 Å². The summed E-state index contributed by atoms with van der Waals surface area (Å²) < 4.78 is 0. The molecule has 158 valence electrons. The fraction of sp³-hybridized carbons (Fsp3) is 0.680. The third kappa shape index (κ3) is 5.21. The average molecular weight is 397 g/mol. The minimum Gasteiger partial charge on any atom is -0.356 e. The predicted octanol–water partition coefficient (Wildman–Crippen LogP) is 4.24. The quantitative estimate of drug-likeness (QED) is 0.581. The van der Waals surface area contributed by atoms with Crippen LogP contribution in [0.4, 0.5) is 0 Å². The minimum absolute atomic E-state index is 0.0736. The van der Waals surface area contributed by atoms with Crippen molar-refractivity contribution in [3.63, 3.8) is 0 Å². The molecule has 4 heteroatoms. The Balaban J connectivity index is 1.06. The van der Waals surface area contributed by atoms with Crippen molar-refractivity contribution in [3.8, 4) is 0 Å². The lowest BCUT2D eigenvalue weighted by atomic mass is 9.49. The number of rotatable bonds is 10. The standard InChI is InChI=1S/C25H36N2O2/c28-23(26-11-5-4-9-19-7-2-1-3-8-19)10-6-12-27-24(29)25-16-20-13-21(17-25)15-22(14-20)18-25/h1-3,7-8,20-22H,4-6,9-18H2,(H,26,28)(H,27,29). The molecule has 0 unspecified atom stereocenters. The van der Waals surface area contributed by atoms with E-state index in [1.807, 2.05) is 6.07 Å². The number of hydrogen-bond donors (Lipinski definition) is 2. The maximum Gasteiger partial charge on any atom is 0.226 e. The molecule has 4 nitrogen and oxygen atoms in total. The van der Waals surface area contributed by atoms with Crippen LogP contribution in [0.5, 0.6) is 0 Å². The fourth-order valence-electron chi connectivity index (χ4n) is 6.44. The molecule has 29 heavy (non-hydrogen) atoms. The van der Waals surface area contributed by atoms with Gasteiger partial charge in [-0.3, -0.25) is 9.59 Å². The van der Waals surface area contributed by atoms with Crippen molar-refractivity contribution in [2.45, 2.75) is 70.6 Å². The molecule has 1 aromatic carbocycles. The molecule has 1 aromatic rings. The minimum atomic E-state index is -0.0736. The van der Waals surface area contributed by atoms with Crippen molar-refractivity contribution in [2.75, 3.05) is 13.1 Å². The van der Waals surface area contributed by atoms with E-state index in [9.17, 15) is 9.59 Å². The largest absolute Gasteiger partial charge is 0.356 e. The first kappa shape index (κ1) is 20.4. The van der Waals surface area contributed by atoms with Crippen molar-refractivity contribution in [3.05, 3.63) is 35.9 Å². The number of hydrogen-bond acceptors (Lipinski definition) is 2. The van der Waals surface area contributed by atoms with E-state index >= 15 is 0 Å². The lowest BCUT2D eigenvalue weighted by molar-refractivity contribution is -0.146. The smallest absolute Gasteiger partial charge is 0.226 e. The first-order valence-electron chi connectivity index (χ1n) is 11.7. The van der Waals surface area contributed by atoms with Crippen molar-refractivity contribution in [1.82, 2.24) is 10.6 Å². The molecule has 0 saturated heterocycles. The van der Waals surface area contributed by atoms with Gasteiger partial charge < -0.3 is 10.6 Å². The summed E-state index contributed by atoms with van der Waals surface area (Å²) >= 11 is 0. The summed E-state index contributed by atoms with van der Waals surface area (Å²) in [6, 6.07) is 10.5. The number of carbonyl (C=O) groups is 2. The number of aryl methyl sites for hydroxylation is 1. The second-order valence-electron chi connectivity index (χ2n) is 9.85. The Labute approximate surface area is 175 Å². The van der Waals surface area contributed by atoms with E-state index in [4.69, 9.17) is 0 Å². The molecule has 0 aromatic heterocycles. The van der Waals surface area contributed by atoms with E-state index in [-0.39, 0.29) is 17.2 Å². The van der Waals surface area contributed by atoms with Gasteiger partial charge in [0.15, 0.2) is 0 Å². The number of carbonyl (C=O) groups excluding carboxylic acids is 2. The van der Waals surface area contributed by atoms with Crippen LogP contribution in [-0.4, -0.2) is 24.9 Å². The van der Waals surface area contributed by atoms with Gasteiger partial charge in [0.1, 0.15) is 0 Å². The lowest BCUT2D eigenvalue weighted by Crippen LogP contribution is -2.53. The topological polar surface area (TPSA) is 58.2 Å². The number of nitrogens with one attached hydrogen (secondary N) is 2. The van der Waals surface area contributed by atoms with Gasteiger partial charge >= 0.3 is 0 Å². The van der Waals surface area contributed by atoms with Gasteiger partial charge in [0.25, 0.3) is 0 Å². The van der Waals surface area contributed by atoms with E-state index in [1.54, 1.807) is 0 Å². The molecule has 2 N–H and O–H groups in total. The van der Waals surface area contributed by atoms with Gasteiger partial charge in [-0.1, -0.05) is 30.3 Å². The Bertz CT molecular complexity index is 665. The van der Waals surface area contributed by atoms with Crippen LogP contribution in [0.3, 0.4) is 0 Å². The summed E-state index contributed by atoms with van der Waals surface area (Å²) in [6.07, 6.45) is 11.8. The summed E-state index contributed by atoms with van der Waals surface area (Å²) in [5, 5.41) is 6.18. The van der Waals surface area contributed by atoms with Crippen LogP contribution in [0.1, 0.15) is 69.8 Å². The van der Waals surface area contributed by atoms with E-state index in [0.717, 1.165) is 69.2 Å². The third-order valence-electron chi connectivity index (χ3n) is 7.44. The molecule has 4 saturated carbocycles. The first-order valence-corrected chi connectivity index (χ1v) is 11.7. The van der Waals surface area contributed by atoms with Crippen molar-refractivity contribution in [2.24, 2.45) is 23.2 Å². The molecule has 4 fully saturated rings. The van der Waals surface area contributed by atoms with Crippen LogP contribution in [0.25, 0.3) is 0 Å². The van der Waals surface area contributed by atoms with Gasteiger partial charge in [-0.2, -0.15) is 0 Å². The maximum absolute atomic E-state index is 12.9. The summed E-state index contributed by atoms with van der Waals surface area (Å²) in [5.74, 6) is 2.76. The first-order chi connectivity index (χ1) is 14.1. The van der Waals surface area contributed by atoms with Crippen molar-refractivity contribution >= 4 is 11.8 Å². The molecule has 0 heterocycles. The zero-order valence-corrected chi connectivity index (χ0v) is 17.6. The van der Waals surface area contributed by atoms with Crippen LogP contribution in [-0.2, 0) is 16.0 Å². The van der Waals surface area contributed by atoms with Gasteiger partial charge in [0, 0.05) is 24.9 Å². The third-order valence-corrected chi connectivity index (χ3v) is 7.44. The Morgan fingerprint density at radius 3 is 2.10 bits per heavy atom. The molecule has 2 amide bonds. The van der Waals surface area contributed by atoms with E-state index in [0.29, 0.717) is 13.0 Å². The summed E-state index contributed by atoms with van der Waals surface area (Å²) in [4.78, 5) is 24.9. The van der Waals surface area contributed by atoms with E-state index in [1.165, 1.54) is 24.8 Å². The molecular formula is C25H36N2O2. The maximum atomic E-state index is 12.9. The molecule has 0 atom stereocenters. The Kier molecular flexibility index (Phi) is 6.56. The van der Waals surface area contributed by atoms with E-state index in [2.05, 4.69) is 34.9 Å². The lowest BCUT2D eigenvalue weighted by Gasteiger charge is -2.55. The summed E-state index contributed by atoms with van der Waals surface area (Å²) in [7, 11) is 0. The van der Waals surface area contributed by atoms with Crippen LogP contribution in [0, 0.1) is 23.2 Å². The van der Waals surface area contributed by atoms with Crippen molar-refractivity contribution < 1.29 is 9.59 Å². The van der Waals surface area contributed by atoms with Crippen LogP contribution in [0.15, 0.2) is 30.3 Å². The number of unbranched alkanes of at least 4 members (excludes halogenated alkanes) is 1. The van der Waals surface area contributed by atoms with Gasteiger partial charge in [0.2, 0.25) is 11.8 Å². The second-order valence-corrected chi connectivity index (χ2v) is 9.85. The molecule has 0 spiro atoms. The monoisotopic (exact) mass is 396 g/mol. The number of amides is 2. The second kappa shape index (κ2) is 9.32.